The van der Waals surface area contributed by atoms with Gasteiger partial charge in [0.05, 0.1) is 11.8 Å². The molecule has 3 aromatic rings. The molecule has 28 heavy (non-hydrogen) atoms. The predicted octanol–water partition coefficient (Wildman–Crippen LogP) is 4.54. The normalized spacial score (nSPS) is 14.1. The van der Waals surface area contributed by atoms with Crippen LogP contribution in [0.2, 0.25) is 5.02 Å². The van der Waals surface area contributed by atoms with E-state index in [1.807, 2.05) is 56.6 Å². The highest BCUT2D eigenvalue weighted by Crippen LogP contribution is 2.23. The minimum absolute atomic E-state index is 0.134. The molecule has 0 amide bonds. The molecule has 6 heteroatoms. The molecular weight excluding hydrogens is 372 g/mol. The van der Waals surface area contributed by atoms with Crippen LogP contribution in [0, 0.1) is 0 Å². The van der Waals surface area contributed by atoms with E-state index < -0.39 is 0 Å². The lowest BCUT2D eigenvalue weighted by atomic mass is 10.1. The van der Waals surface area contributed by atoms with E-state index in [1.165, 1.54) is 11.1 Å². The number of aromatic nitrogens is 3. The Morgan fingerprint density at radius 2 is 1.89 bits per heavy atom. The van der Waals surface area contributed by atoms with Gasteiger partial charge in [0.25, 0.3) is 0 Å². The fraction of sp³-hybridized carbons (Fsp3) is 0.318. The number of pyridine rings is 1. The van der Waals surface area contributed by atoms with Crippen LogP contribution < -0.4 is 4.74 Å². The molecule has 2 aromatic heterocycles. The van der Waals surface area contributed by atoms with Crippen molar-refractivity contribution in [2.24, 2.45) is 0 Å². The zero-order chi connectivity index (χ0) is 19.5. The van der Waals surface area contributed by atoms with Gasteiger partial charge in [0.1, 0.15) is 0 Å². The molecule has 0 N–H and O–H groups in total. The summed E-state index contributed by atoms with van der Waals surface area (Å²) in [6.45, 7) is 6.67. The smallest absolute Gasteiger partial charge is 0.213 e. The number of halogens is 1. The van der Waals surface area contributed by atoms with Crippen LogP contribution in [0.4, 0.5) is 0 Å². The molecule has 0 unspecified atom stereocenters. The number of rotatable bonds is 5. The van der Waals surface area contributed by atoms with E-state index in [9.17, 15) is 0 Å². The third kappa shape index (κ3) is 4.49. The minimum atomic E-state index is 0.134. The molecule has 1 aliphatic rings. The third-order valence-corrected chi connectivity index (χ3v) is 4.93. The predicted molar refractivity (Wildman–Crippen MR) is 110 cm³/mol. The van der Waals surface area contributed by atoms with E-state index in [1.54, 1.807) is 0 Å². The number of nitrogens with zero attached hydrogens (tertiary/aromatic N) is 4. The van der Waals surface area contributed by atoms with Crippen molar-refractivity contribution in [3.05, 3.63) is 70.6 Å². The van der Waals surface area contributed by atoms with Crippen molar-refractivity contribution in [1.82, 2.24) is 19.9 Å². The van der Waals surface area contributed by atoms with Crippen LogP contribution in [-0.4, -0.2) is 32.5 Å². The van der Waals surface area contributed by atoms with Crippen molar-refractivity contribution < 1.29 is 4.74 Å². The summed E-state index contributed by atoms with van der Waals surface area (Å²) in [4.78, 5) is 16.1. The van der Waals surface area contributed by atoms with Gasteiger partial charge in [0.15, 0.2) is 5.82 Å². The Bertz CT molecular complexity index is 942. The number of fused-ring (bicyclic) bond motifs is 1. The lowest BCUT2D eigenvalue weighted by Crippen LogP contribution is -2.31. The number of hydrogen-bond donors (Lipinski definition) is 0. The van der Waals surface area contributed by atoms with Gasteiger partial charge in [0.2, 0.25) is 5.88 Å². The van der Waals surface area contributed by atoms with E-state index in [0.717, 1.165) is 48.2 Å². The molecule has 4 rings (SSSR count). The van der Waals surface area contributed by atoms with Crippen LogP contribution in [0.15, 0.2) is 48.8 Å². The first kappa shape index (κ1) is 18.8. The van der Waals surface area contributed by atoms with Crippen molar-refractivity contribution in [2.75, 3.05) is 6.54 Å². The maximum atomic E-state index is 5.97. The van der Waals surface area contributed by atoms with Crippen LogP contribution >= 0.6 is 11.6 Å². The summed E-state index contributed by atoms with van der Waals surface area (Å²) < 4.78 is 5.61. The molecule has 0 spiro atoms. The van der Waals surface area contributed by atoms with Gasteiger partial charge >= 0.3 is 0 Å². The third-order valence-electron chi connectivity index (χ3n) is 4.68. The fourth-order valence-electron chi connectivity index (χ4n) is 3.32. The Hall–Kier alpha value is -2.50. The summed E-state index contributed by atoms with van der Waals surface area (Å²) in [7, 11) is 0. The maximum Gasteiger partial charge on any atom is 0.213 e. The molecule has 0 fully saturated rings. The zero-order valence-electron chi connectivity index (χ0n) is 16.1. The maximum absolute atomic E-state index is 5.97. The highest BCUT2D eigenvalue weighted by Gasteiger charge is 2.19. The van der Waals surface area contributed by atoms with Gasteiger partial charge < -0.3 is 4.74 Å². The average molecular weight is 395 g/mol. The largest absolute Gasteiger partial charge is 0.475 e. The summed E-state index contributed by atoms with van der Waals surface area (Å²) in [5.41, 5.74) is 4.49. The molecule has 0 atom stereocenters. The van der Waals surface area contributed by atoms with Gasteiger partial charge in [-0.15, -0.1) is 0 Å². The molecular formula is C22H23ClN4O. The van der Waals surface area contributed by atoms with E-state index in [2.05, 4.69) is 20.9 Å². The monoisotopic (exact) mass is 394 g/mol. The van der Waals surface area contributed by atoms with E-state index in [-0.39, 0.29) is 6.10 Å². The molecule has 1 aliphatic heterocycles. The van der Waals surface area contributed by atoms with E-state index in [0.29, 0.717) is 5.88 Å². The fourth-order valence-corrected chi connectivity index (χ4v) is 3.45. The topological polar surface area (TPSA) is 51.1 Å². The lowest BCUT2D eigenvalue weighted by Gasteiger charge is -2.28. The second kappa shape index (κ2) is 8.25. The Kier molecular flexibility index (Phi) is 5.55. The summed E-state index contributed by atoms with van der Waals surface area (Å²) in [6, 6.07) is 11.7. The molecule has 3 heterocycles. The lowest BCUT2D eigenvalue weighted by molar-refractivity contribution is 0.230. The Labute approximate surface area is 170 Å². The minimum Gasteiger partial charge on any atom is -0.475 e. The van der Waals surface area contributed by atoms with Gasteiger partial charge in [-0.1, -0.05) is 17.7 Å². The van der Waals surface area contributed by atoms with Gasteiger partial charge in [-0.05, 0) is 43.7 Å². The van der Waals surface area contributed by atoms with E-state index >= 15 is 0 Å². The van der Waals surface area contributed by atoms with Crippen molar-refractivity contribution >= 4 is 11.6 Å². The van der Waals surface area contributed by atoms with E-state index in [4.69, 9.17) is 21.3 Å². The Balaban J connectivity index is 1.43. The molecule has 1 aromatic carbocycles. The van der Waals surface area contributed by atoms with Crippen molar-refractivity contribution in [1.29, 1.82) is 0 Å². The van der Waals surface area contributed by atoms with Gasteiger partial charge in [-0.2, -0.15) is 0 Å². The summed E-state index contributed by atoms with van der Waals surface area (Å²) >= 11 is 5.97. The van der Waals surface area contributed by atoms with Crippen molar-refractivity contribution in [2.45, 2.75) is 39.5 Å². The Morgan fingerprint density at radius 3 is 2.61 bits per heavy atom. The van der Waals surface area contributed by atoms with Crippen LogP contribution in [0.1, 0.15) is 30.7 Å². The molecule has 0 aliphatic carbocycles. The highest BCUT2D eigenvalue weighted by atomic mass is 35.5. The van der Waals surface area contributed by atoms with Crippen molar-refractivity contribution in [3.8, 4) is 17.3 Å². The summed E-state index contributed by atoms with van der Waals surface area (Å²) in [6.07, 6.45) is 4.90. The standard InChI is InChI=1S/C22H23ClN4O/c1-15(2)28-21-8-3-16(11-24-21)13-27-10-9-20-18(14-27)12-25-22(26-20)17-4-6-19(23)7-5-17/h3-8,11-12,15H,9-10,13-14H2,1-2H3. The van der Waals surface area contributed by atoms with Crippen LogP contribution in [0.3, 0.4) is 0 Å². The van der Waals surface area contributed by atoms with Crippen LogP contribution in [0.5, 0.6) is 5.88 Å². The SMILES string of the molecule is CC(C)Oc1ccc(CN2CCc3nc(-c4ccc(Cl)cc4)ncc3C2)cn1. The molecule has 0 bridgehead atoms. The molecule has 0 saturated carbocycles. The second-order valence-electron chi connectivity index (χ2n) is 7.30. The quantitative estimate of drug-likeness (QED) is 0.636. The summed E-state index contributed by atoms with van der Waals surface area (Å²) in [5.74, 6) is 1.43. The van der Waals surface area contributed by atoms with Gasteiger partial charge in [-0.3, -0.25) is 4.90 Å². The molecule has 5 nitrogen and oxygen atoms in total. The Morgan fingerprint density at radius 1 is 1.07 bits per heavy atom. The number of ether oxygens (including phenoxy) is 1. The number of hydrogen-bond acceptors (Lipinski definition) is 5. The van der Waals surface area contributed by atoms with Crippen molar-refractivity contribution in [3.63, 3.8) is 0 Å². The highest BCUT2D eigenvalue weighted by molar-refractivity contribution is 6.30. The molecule has 144 valence electrons. The second-order valence-corrected chi connectivity index (χ2v) is 7.74. The molecule has 0 saturated heterocycles. The van der Waals surface area contributed by atoms with Gasteiger partial charge in [0, 0.05) is 60.7 Å². The first-order valence-electron chi connectivity index (χ1n) is 9.51. The zero-order valence-corrected chi connectivity index (χ0v) is 16.9. The summed E-state index contributed by atoms with van der Waals surface area (Å²) in [5, 5.41) is 0.718. The first-order valence-corrected chi connectivity index (χ1v) is 9.89. The van der Waals surface area contributed by atoms with Gasteiger partial charge in [-0.25, -0.2) is 15.0 Å². The molecule has 0 radical (unpaired) electrons. The first-order chi connectivity index (χ1) is 13.6. The van der Waals surface area contributed by atoms with Crippen LogP contribution in [0.25, 0.3) is 11.4 Å². The number of benzene rings is 1. The average Bonchev–Trinajstić information content (AvgIpc) is 2.69. The van der Waals surface area contributed by atoms with Crippen LogP contribution in [-0.2, 0) is 19.5 Å².